The zero-order chi connectivity index (χ0) is 10.8. The monoisotopic (exact) mass is 222 g/mol. The van der Waals surface area contributed by atoms with Gasteiger partial charge < -0.3 is 14.0 Å². The SMILES string of the molecule is CCOC[PH](=O)CCCC(=O)OCC. The van der Waals surface area contributed by atoms with Crippen LogP contribution in [0.1, 0.15) is 26.7 Å². The number of esters is 1. The molecule has 0 heterocycles. The summed E-state index contributed by atoms with van der Waals surface area (Å²) in [6.45, 7) is 4.64. The summed E-state index contributed by atoms with van der Waals surface area (Å²) in [5.41, 5.74) is 0. The summed E-state index contributed by atoms with van der Waals surface area (Å²) in [7, 11) is -1.64. The van der Waals surface area contributed by atoms with Crippen molar-refractivity contribution in [3.05, 3.63) is 0 Å². The Hall–Kier alpha value is -0.340. The van der Waals surface area contributed by atoms with Gasteiger partial charge in [-0.25, -0.2) is 0 Å². The van der Waals surface area contributed by atoms with Gasteiger partial charge in [0.25, 0.3) is 0 Å². The quantitative estimate of drug-likeness (QED) is 0.465. The number of hydrogen-bond donors (Lipinski definition) is 0. The smallest absolute Gasteiger partial charge is 0.305 e. The molecule has 0 aliphatic heterocycles. The maximum absolute atomic E-state index is 11.2. The lowest BCUT2D eigenvalue weighted by Crippen LogP contribution is -2.04. The second-order valence-electron chi connectivity index (χ2n) is 2.83. The van der Waals surface area contributed by atoms with E-state index in [4.69, 9.17) is 9.47 Å². The summed E-state index contributed by atoms with van der Waals surface area (Å²) in [6, 6.07) is 0. The van der Waals surface area contributed by atoms with Gasteiger partial charge in [-0.05, 0) is 20.3 Å². The molecule has 5 heteroatoms. The highest BCUT2D eigenvalue weighted by molar-refractivity contribution is 7.44. The van der Waals surface area contributed by atoms with Crippen LogP contribution in [0.25, 0.3) is 0 Å². The molecule has 1 unspecified atom stereocenters. The van der Waals surface area contributed by atoms with Crippen molar-refractivity contribution in [1.82, 2.24) is 0 Å². The molecule has 0 fully saturated rings. The van der Waals surface area contributed by atoms with E-state index in [1.165, 1.54) is 0 Å². The predicted molar refractivity (Wildman–Crippen MR) is 56.2 cm³/mol. The molecular formula is C9H19O4P. The van der Waals surface area contributed by atoms with Crippen LogP contribution in [-0.4, -0.2) is 31.7 Å². The van der Waals surface area contributed by atoms with Gasteiger partial charge in [-0.1, -0.05) is 0 Å². The van der Waals surface area contributed by atoms with E-state index in [1.54, 1.807) is 6.92 Å². The second kappa shape index (κ2) is 9.22. The third-order valence-corrected chi connectivity index (χ3v) is 3.05. The highest BCUT2D eigenvalue weighted by Gasteiger charge is 2.04. The Bertz CT molecular complexity index is 182. The summed E-state index contributed by atoms with van der Waals surface area (Å²) in [5, 5.41) is 0. The fourth-order valence-electron chi connectivity index (χ4n) is 0.951. The van der Waals surface area contributed by atoms with Crippen LogP contribution in [0.2, 0.25) is 0 Å². The van der Waals surface area contributed by atoms with Gasteiger partial charge in [0.2, 0.25) is 0 Å². The van der Waals surface area contributed by atoms with Crippen molar-refractivity contribution in [3.63, 3.8) is 0 Å². The van der Waals surface area contributed by atoms with Gasteiger partial charge in [-0.15, -0.1) is 0 Å². The molecule has 84 valence electrons. The Kier molecular flexibility index (Phi) is 9.00. The molecule has 0 radical (unpaired) electrons. The summed E-state index contributed by atoms with van der Waals surface area (Å²) < 4.78 is 21.0. The van der Waals surface area contributed by atoms with Crippen LogP contribution < -0.4 is 0 Å². The van der Waals surface area contributed by atoms with Crippen LogP contribution in [0.5, 0.6) is 0 Å². The standard InChI is InChI=1S/C9H19O4P/c1-3-12-8-14(11)7-5-6-9(10)13-4-2/h14H,3-8H2,1-2H3. The second-order valence-corrected chi connectivity index (χ2v) is 4.70. The van der Waals surface area contributed by atoms with Crippen LogP contribution in [-0.2, 0) is 18.8 Å². The molecule has 0 spiro atoms. The Morgan fingerprint density at radius 1 is 1.29 bits per heavy atom. The number of carbonyl (C=O) groups excluding carboxylic acids is 1. The summed E-state index contributed by atoms with van der Waals surface area (Å²) in [6.07, 6.45) is 1.90. The van der Waals surface area contributed by atoms with Crippen molar-refractivity contribution < 1.29 is 18.8 Å². The average Bonchev–Trinajstić information content (AvgIpc) is 2.15. The summed E-state index contributed by atoms with van der Waals surface area (Å²) in [4.78, 5) is 10.9. The zero-order valence-corrected chi connectivity index (χ0v) is 9.88. The number of carbonyl (C=O) groups is 1. The van der Waals surface area contributed by atoms with E-state index in [-0.39, 0.29) is 5.97 Å². The molecule has 0 bridgehead atoms. The Morgan fingerprint density at radius 2 is 2.00 bits per heavy atom. The lowest BCUT2D eigenvalue weighted by Gasteiger charge is -2.02. The normalized spacial score (nSPS) is 12.4. The van der Waals surface area contributed by atoms with Crippen molar-refractivity contribution in [3.8, 4) is 0 Å². The lowest BCUT2D eigenvalue weighted by atomic mass is 10.3. The summed E-state index contributed by atoms with van der Waals surface area (Å²) in [5.74, 6) is -0.210. The first-order chi connectivity index (χ1) is 6.70. The van der Waals surface area contributed by atoms with Crippen molar-refractivity contribution in [2.75, 3.05) is 25.7 Å². The van der Waals surface area contributed by atoms with Gasteiger partial charge in [0.1, 0.15) is 7.80 Å². The van der Waals surface area contributed by atoms with Crippen LogP contribution >= 0.6 is 7.80 Å². The van der Waals surface area contributed by atoms with E-state index in [0.29, 0.717) is 38.6 Å². The Balaban J connectivity index is 3.34. The molecule has 1 atom stereocenters. The van der Waals surface area contributed by atoms with E-state index in [0.717, 1.165) is 0 Å². The van der Waals surface area contributed by atoms with E-state index in [9.17, 15) is 9.36 Å². The highest BCUT2D eigenvalue weighted by Crippen LogP contribution is 2.21. The van der Waals surface area contributed by atoms with Gasteiger partial charge in [0.05, 0.1) is 13.0 Å². The molecule has 4 nitrogen and oxygen atoms in total. The van der Waals surface area contributed by atoms with E-state index >= 15 is 0 Å². The molecule has 0 saturated carbocycles. The third-order valence-electron chi connectivity index (χ3n) is 1.61. The van der Waals surface area contributed by atoms with E-state index in [1.807, 2.05) is 6.92 Å². The van der Waals surface area contributed by atoms with E-state index < -0.39 is 7.80 Å². The molecule has 14 heavy (non-hydrogen) atoms. The lowest BCUT2D eigenvalue weighted by molar-refractivity contribution is -0.143. The minimum Gasteiger partial charge on any atom is -0.466 e. The molecule has 0 aromatic heterocycles. The van der Waals surface area contributed by atoms with Gasteiger partial charge >= 0.3 is 5.97 Å². The van der Waals surface area contributed by atoms with Gasteiger partial charge in [-0.3, -0.25) is 4.79 Å². The maximum atomic E-state index is 11.2. The first kappa shape index (κ1) is 13.7. The predicted octanol–water partition coefficient (Wildman–Crippen LogP) is 1.88. The van der Waals surface area contributed by atoms with Crippen molar-refractivity contribution in [2.24, 2.45) is 0 Å². The van der Waals surface area contributed by atoms with Gasteiger partial charge in [0, 0.05) is 19.2 Å². The fraction of sp³-hybridized carbons (Fsp3) is 0.889. The van der Waals surface area contributed by atoms with Gasteiger partial charge in [0.15, 0.2) is 0 Å². The Morgan fingerprint density at radius 3 is 2.57 bits per heavy atom. The largest absolute Gasteiger partial charge is 0.466 e. The minimum absolute atomic E-state index is 0.210. The maximum Gasteiger partial charge on any atom is 0.305 e. The van der Waals surface area contributed by atoms with Crippen molar-refractivity contribution >= 4 is 13.8 Å². The molecule has 0 aliphatic rings. The first-order valence-corrected chi connectivity index (χ1v) is 6.78. The topological polar surface area (TPSA) is 52.6 Å². The number of hydrogen-bond acceptors (Lipinski definition) is 4. The van der Waals surface area contributed by atoms with Crippen molar-refractivity contribution in [2.45, 2.75) is 26.7 Å². The van der Waals surface area contributed by atoms with Crippen LogP contribution in [0.3, 0.4) is 0 Å². The van der Waals surface area contributed by atoms with Crippen LogP contribution in [0.4, 0.5) is 0 Å². The number of ether oxygens (including phenoxy) is 2. The molecule has 0 aliphatic carbocycles. The van der Waals surface area contributed by atoms with Crippen molar-refractivity contribution in [1.29, 1.82) is 0 Å². The molecule has 0 aromatic carbocycles. The highest BCUT2D eigenvalue weighted by atomic mass is 31.1. The molecular weight excluding hydrogens is 203 g/mol. The average molecular weight is 222 g/mol. The van der Waals surface area contributed by atoms with E-state index in [2.05, 4.69) is 0 Å². The third kappa shape index (κ3) is 8.27. The molecule has 0 amide bonds. The fourth-order valence-corrected chi connectivity index (χ4v) is 2.10. The molecule has 0 N–H and O–H groups in total. The van der Waals surface area contributed by atoms with Crippen LogP contribution in [0.15, 0.2) is 0 Å². The molecule has 0 aromatic rings. The first-order valence-electron chi connectivity index (χ1n) is 4.95. The molecule has 0 saturated heterocycles. The van der Waals surface area contributed by atoms with Gasteiger partial charge in [-0.2, -0.15) is 0 Å². The zero-order valence-electron chi connectivity index (χ0n) is 8.88. The summed E-state index contributed by atoms with van der Waals surface area (Å²) >= 11 is 0. The van der Waals surface area contributed by atoms with Crippen LogP contribution in [0, 0.1) is 0 Å². The minimum atomic E-state index is -1.64. The molecule has 0 rings (SSSR count). The Labute approximate surface area is 85.8 Å². The number of rotatable bonds is 8.